The number of aryl methyl sites for hydroxylation is 1. The lowest BCUT2D eigenvalue weighted by Crippen LogP contribution is -2.05. The Morgan fingerprint density at radius 2 is 1.97 bits per heavy atom. The molecule has 2 aromatic carbocycles. The van der Waals surface area contributed by atoms with E-state index < -0.39 is 6.61 Å². The lowest BCUT2D eigenvalue weighted by molar-refractivity contribution is -0.0513. The first-order valence-corrected chi connectivity index (χ1v) is 10.0. The zero-order valence-electron chi connectivity index (χ0n) is 17.6. The fourth-order valence-electron chi connectivity index (χ4n) is 3.00. The number of alkyl halides is 2. The Morgan fingerprint density at radius 3 is 2.72 bits per heavy atom. The molecule has 0 unspecified atom stereocenters. The first-order valence-electron chi connectivity index (χ1n) is 10.0. The summed E-state index contributed by atoms with van der Waals surface area (Å²) in [5, 5.41) is 0. The minimum atomic E-state index is -2.98. The summed E-state index contributed by atoms with van der Waals surface area (Å²) in [6, 6.07) is 11.5. The quantitative estimate of drug-likeness (QED) is 0.263. The molecule has 168 valence electrons. The topological polar surface area (TPSA) is 70.8 Å². The molecule has 0 atom stereocenters. The summed E-state index contributed by atoms with van der Waals surface area (Å²) >= 11 is 0. The van der Waals surface area contributed by atoms with Gasteiger partial charge in [0, 0.05) is 18.4 Å². The van der Waals surface area contributed by atoms with Crippen LogP contribution in [-0.4, -0.2) is 30.6 Å². The largest absolute Gasteiger partial charge is 0.493 e. The van der Waals surface area contributed by atoms with Gasteiger partial charge in [-0.3, -0.25) is 4.79 Å². The highest BCUT2D eigenvalue weighted by atomic mass is 19.3. The van der Waals surface area contributed by atoms with E-state index in [1.54, 1.807) is 18.2 Å². The van der Waals surface area contributed by atoms with E-state index in [4.69, 9.17) is 13.9 Å². The van der Waals surface area contributed by atoms with Crippen molar-refractivity contribution in [3.05, 3.63) is 72.6 Å². The molecule has 1 heterocycles. The Morgan fingerprint density at radius 1 is 1.16 bits per heavy atom. The van der Waals surface area contributed by atoms with Crippen molar-refractivity contribution in [3.8, 4) is 28.7 Å². The van der Waals surface area contributed by atoms with E-state index >= 15 is 0 Å². The number of rotatable bonds is 12. The molecule has 0 spiro atoms. The van der Waals surface area contributed by atoms with Crippen LogP contribution in [0.15, 0.2) is 65.8 Å². The van der Waals surface area contributed by atoms with E-state index in [2.05, 4.69) is 16.3 Å². The van der Waals surface area contributed by atoms with Crippen LogP contribution in [0.1, 0.15) is 29.4 Å². The summed E-state index contributed by atoms with van der Waals surface area (Å²) in [7, 11) is 0. The Labute approximate surface area is 184 Å². The van der Waals surface area contributed by atoms with Gasteiger partial charge in [-0.1, -0.05) is 24.8 Å². The van der Waals surface area contributed by atoms with Gasteiger partial charge in [0.1, 0.15) is 18.6 Å². The SMILES string of the molecule is C=CCOc1cc(-c2nc(CCC(=O)c3ccccc3OCC)co2)ccc1OC(F)F. The van der Waals surface area contributed by atoms with Crippen molar-refractivity contribution in [1.82, 2.24) is 4.98 Å². The highest BCUT2D eigenvalue weighted by molar-refractivity contribution is 5.98. The predicted molar refractivity (Wildman–Crippen MR) is 115 cm³/mol. The number of ketones is 1. The maximum atomic E-state index is 12.6. The Kier molecular flexibility index (Phi) is 7.96. The predicted octanol–water partition coefficient (Wildman–Crippen LogP) is 5.72. The van der Waals surface area contributed by atoms with Crippen LogP contribution in [0.4, 0.5) is 8.78 Å². The zero-order chi connectivity index (χ0) is 22.9. The summed E-state index contributed by atoms with van der Waals surface area (Å²) in [6.45, 7) is 3.01. The molecule has 0 saturated heterocycles. The molecule has 0 saturated carbocycles. The maximum absolute atomic E-state index is 12.6. The highest BCUT2D eigenvalue weighted by Gasteiger charge is 2.16. The second-order valence-corrected chi connectivity index (χ2v) is 6.64. The third kappa shape index (κ3) is 5.94. The minimum Gasteiger partial charge on any atom is -0.493 e. The van der Waals surface area contributed by atoms with Crippen LogP contribution in [0.3, 0.4) is 0 Å². The molecule has 0 aliphatic heterocycles. The molecule has 0 radical (unpaired) electrons. The molecule has 1 aromatic heterocycles. The maximum Gasteiger partial charge on any atom is 0.387 e. The zero-order valence-corrected chi connectivity index (χ0v) is 17.6. The smallest absolute Gasteiger partial charge is 0.387 e. The summed E-state index contributed by atoms with van der Waals surface area (Å²) in [5.41, 5.74) is 1.63. The van der Waals surface area contributed by atoms with Crippen LogP contribution in [0, 0.1) is 0 Å². The summed E-state index contributed by atoms with van der Waals surface area (Å²) in [4.78, 5) is 17.0. The monoisotopic (exact) mass is 443 g/mol. The molecule has 32 heavy (non-hydrogen) atoms. The van der Waals surface area contributed by atoms with Gasteiger partial charge >= 0.3 is 6.61 Å². The number of nitrogens with zero attached hydrogens (tertiary/aromatic N) is 1. The van der Waals surface area contributed by atoms with Crippen LogP contribution in [0.2, 0.25) is 0 Å². The molecular formula is C24H23F2NO5. The molecule has 3 rings (SSSR count). The number of hydrogen-bond acceptors (Lipinski definition) is 6. The lowest BCUT2D eigenvalue weighted by atomic mass is 10.0. The summed E-state index contributed by atoms with van der Waals surface area (Å²) < 4.78 is 46.2. The second-order valence-electron chi connectivity index (χ2n) is 6.64. The Hall–Kier alpha value is -3.68. The van der Waals surface area contributed by atoms with Crippen molar-refractivity contribution < 1.29 is 32.2 Å². The third-order valence-electron chi connectivity index (χ3n) is 4.41. The average molecular weight is 443 g/mol. The van der Waals surface area contributed by atoms with Gasteiger partial charge in [0.05, 0.1) is 17.9 Å². The van der Waals surface area contributed by atoms with Gasteiger partial charge in [-0.05, 0) is 37.3 Å². The van der Waals surface area contributed by atoms with Crippen molar-refractivity contribution in [1.29, 1.82) is 0 Å². The van der Waals surface area contributed by atoms with E-state index in [9.17, 15) is 13.6 Å². The molecule has 3 aromatic rings. The second kappa shape index (κ2) is 11.1. The van der Waals surface area contributed by atoms with Crippen LogP contribution < -0.4 is 14.2 Å². The van der Waals surface area contributed by atoms with E-state index in [0.717, 1.165) is 0 Å². The fraction of sp³-hybridized carbons (Fsp3) is 0.250. The van der Waals surface area contributed by atoms with E-state index in [1.807, 2.05) is 13.0 Å². The lowest BCUT2D eigenvalue weighted by Gasteiger charge is -2.11. The molecular weight excluding hydrogens is 420 g/mol. The van der Waals surface area contributed by atoms with Gasteiger partial charge in [-0.2, -0.15) is 8.78 Å². The van der Waals surface area contributed by atoms with Crippen molar-refractivity contribution in [2.24, 2.45) is 0 Å². The van der Waals surface area contributed by atoms with Crippen LogP contribution in [-0.2, 0) is 6.42 Å². The number of para-hydroxylation sites is 1. The third-order valence-corrected chi connectivity index (χ3v) is 4.41. The number of hydrogen-bond donors (Lipinski definition) is 0. The van der Waals surface area contributed by atoms with Crippen molar-refractivity contribution in [2.75, 3.05) is 13.2 Å². The normalized spacial score (nSPS) is 10.8. The molecule has 0 aliphatic carbocycles. The Balaban J connectivity index is 1.71. The van der Waals surface area contributed by atoms with Crippen LogP contribution in [0.25, 0.3) is 11.5 Å². The fourth-order valence-corrected chi connectivity index (χ4v) is 3.00. The minimum absolute atomic E-state index is 0.0628. The van der Waals surface area contributed by atoms with Crippen LogP contribution >= 0.6 is 0 Å². The van der Waals surface area contributed by atoms with E-state index in [0.29, 0.717) is 35.6 Å². The molecule has 0 amide bonds. The van der Waals surface area contributed by atoms with Gasteiger partial charge in [-0.25, -0.2) is 4.98 Å². The first kappa shape index (κ1) is 23.0. The number of benzene rings is 2. The van der Waals surface area contributed by atoms with Crippen molar-refractivity contribution in [2.45, 2.75) is 26.4 Å². The van der Waals surface area contributed by atoms with Gasteiger partial charge in [0.25, 0.3) is 0 Å². The molecule has 0 N–H and O–H groups in total. The highest BCUT2D eigenvalue weighted by Crippen LogP contribution is 2.33. The standard InChI is InChI=1S/C24H23F2NO5/c1-3-13-30-22-14-16(9-12-21(22)32-24(25)26)23-27-17(15-31-23)10-11-19(28)18-7-5-6-8-20(18)29-4-2/h3,5-9,12,14-15,24H,1,4,10-11,13H2,2H3. The van der Waals surface area contributed by atoms with Crippen LogP contribution in [0.5, 0.6) is 17.2 Å². The summed E-state index contributed by atoms with van der Waals surface area (Å²) in [6.07, 6.45) is 3.55. The number of aromatic nitrogens is 1. The molecule has 0 bridgehead atoms. The first-order chi connectivity index (χ1) is 15.5. The number of carbonyl (C=O) groups is 1. The van der Waals surface area contributed by atoms with Crippen molar-refractivity contribution in [3.63, 3.8) is 0 Å². The van der Waals surface area contributed by atoms with Gasteiger partial charge in [0.15, 0.2) is 17.3 Å². The number of ether oxygens (including phenoxy) is 3. The van der Waals surface area contributed by atoms with E-state index in [1.165, 1.54) is 30.5 Å². The van der Waals surface area contributed by atoms with Crippen molar-refractivity contribution >= 4 is 5.78 Å². The number of oxazole rings is 1. The molecule has 0 aliphatic rings. The molecule has 8 heteroatoms. The molecule has 0 fully saturated rings. The van der Waals surface area contributed by atoms with Gasteiger partial charge < -0.3 is 18.6 Å². The van der Waals surface area contributed by atoms with Gasteiger partial charge in [-0.15, -0.1) is 0 Å². The number of Topliss-reactive ketones (excluding diaryl/α,β-unsaturated/α-hetero) is 1. The van der Waals surface area contributed by atoms with Gasteiger partial charge in [0.2, 0.25) is 5.89 Å². The molecule has 6 nitrogen and oxygen atoms in total. The summed E-state index contributed by atoms with van der Waals surface area (Å²) in [5.74, 6) is 0.779. The van der Waals surface area contributed by atoms with E-state index in [-0.39, 0.29) is 36.2 Å². The Bertz CT molecular complexity index is 1060. The average Bonchev–Trinajstić information content (AvgIpc) is 3.26. The number of halogens is 2. The number of carbonyl (C=O) groups excluding carboxylic acids is 1.